The second kappa shape index (κ2) is 9.31. The lowest BCUT2D eigenvalue weighted by Gasteiger charge is -2.13. The van der Waals surface area contributed by atoms with Crippen LogP contribution in [-0.2, 0) is 19.1 Å². The van der Waals surface area contributed by atoms with Gasteiger partial charge in [-0.05, 0) is 49.4 Å². The van der Waals surface area contributed by atoms with Crippen LogP contribution in [0.5, 0.6) is 5.75 Å². The number of rotatable bonds is 7. The molecule has 0 aromatic heterocycles. The molecule has 0 radical (unpaired) electrons. The Kier molecular flexibility index (Phi) is 7.34. The van der Waals surface area contributed by atoms with Crippen molar-refractivity contribution < 1.29 is 33.8 Å². The van der Waals surface area contributed by atoms with Gasteiger partial charge in [0.05, 0.1) is 21.1 Å². The zero-order valence-corrected chi connectivity index (χ0v) is 17.1. The smallest absolute Gasteiger partial charge is 0.341 e. The minimum Gasteiger partial charge on any atom is -0.479 e. The molecule has 2 rings (SSSR count). The molecule has 1 aromatic carbocycles. The van der Waals surface area contributed by atoms with Gasteiger partial charge in [0.25, 0.3) is 11.1 Å². The average Bonchev–Trinajstić information content (AvgIpc) is 2.80. The van der Waals surface area contributed by atoms with Crippen molar-refractivity contribution in [3.8, 4) is 5.75 Å². The number of ether oxygens (including phenoxy) is 2. The van der Waals surface area contributed by atoms with E-state index < -0.39 is 36.2 Å². The maximum atomic E-state index is 12.4. The second-order valence-electron chi connectivity index (χ2n) is 5.80. The molecule has 2 amide bonds. The molecular weight excluding hydrogens is 433 g/mol. The first kappa shape index (κ1) is 22.1. The molecule has 1 aliphatic rings. The molecule has 1 N–H and O–H groups in total. The first-order valence-corrected chi connectivity index (χ1v) is 9.44. The summed E-state index contributed by atoms with van der Waals surface area (Å²) in [5.74, 6) is -2.54. The number of esters is 1. The Morgan fingerprint density at radius 3 is 2.39 bits per heavy atom. The van der Waals surface area contributed by atoms with E-state index in [2.05, 4.69) is 0 Å². The van der Waals surface area contributed by atoms with Gasteiger partial charge in [0, 0.05) is 0 Å². The number of amides is 2. The van der Waals surface area contributed by atoms with Crippen molar-refractivity contribution in [3.63, 3.8) is 0 Å². The SMILES string of the molecule is CC(C)OC(=O)CN1C(=O)S/C(=C/c2cc(Cl)c(OCC(=O)O)c(Cl)c2)C1=O. The van der Waals surface area contributed by atoms with Crippen LogP contribution in [0, 0.1) is 0 Å². The van der Waals surface area contributed by atoms with Gasteiger partial charge in [-0.3, -0.25) is 19.3 Å². The van der Waals surface area contributed by atoms with Crippen LogP contribution >= 0.6 is 35.0 Å². The van der Waals surface area contributed by atoms with Crippen molar-refractivity contribution in [1.82, 2.24) is 4.90 Å². The Morgan fingerprint density at radius 1 is 1.25 bits per heavy atom. The van der Waals surface area contributed by atoms with Crippen LogP contribution in [0.4, 0.5) is 4.79 Å². The molecule has 0 unspecified atom stereocenters. The van der Waals surface area contributed by atoms with Gasteiger partial charge in [0.2, 0.25) is 0 Å². The van der Waals surface area contributed by atoms with E-state index in [4.69, 9.17) is 37.8 Å². The molecular formula is C17H15Cl2NO7S. The molecule has 150 valence electrons. The lowest BCUT2D eigenvalue weighted by molar-refractivity contribution is -0.149. The lowest BCUT2D eigenvalue weighted by Crippen LogP contribution is -2.35. The number of carboxylic acids is 1. The van der Waals surface area contributed by atoms with Crippen LogP contribution in [0.25, 0.3) is 6.08 Å². The van der Waals surface area contributed by atoms with E-state index in [9.17, 15) is 19.2 Å². The van der Waals surface area contributed by atoms with Gasteiger partial charge in [0.1, 0.15) is 6.54 Å². The third kappa shape index (κ3) is 5.63. The minimum absolute atomic E-state index is 0.00702. The number of thioether (sulfide) groups is 1. The van der Waals surface area contributed by atoms with Crippen molar-refractivity contribution in [2.75, 3.05) is 13.2 Å². The van der Waals surface area contributed by atoms with Gasteiger partial charge in [-0.2, -0.15) is 0 Å². The molecule has 1 fully saturated rings. The van der Waals surface area contributed by atoms with E-state index in [-0.39, 0.29) is 26.8 Å². The topological polar surface area (TPSA) is 110 Å². The third-order valence-electron chi connectivity index (χ3n) is 3.19. The van der Waals surface area contributed by atoms with Crippen LogP contribution in [0.3, 0.4) is 0 Å². The van der Waals surface area contributed by atoms with Crippen molar-refractivity contribution in [1.29, 1.82) is 0 Å². The van der Waals surface area contributed by atoms with E-state index in [0.29, 0.717) is 17.3 Å². The fourth-order valence-electron chi connectivity index (χ4n) is 2.15. The fourth-order valence-corrected chi connectivity index (χ4v) is 3.60. The maximum absolute atomic E-state index is 12.4. The van der Waals surface area contributed by atoms with Crippen molar-refractivity contribution in [3.05, 3.63) is 32.6 Å². The number of halogens is 2. The monoisotopic (exact) mass is 447 g/mol. The summed E-state index contributed by atoms with van der Waals surface area (Å²) in [6.45, 7) is 2.21. The molecule has 0 saturated carbocycles. The summed E-state index contributed by atoms with van der Waals surface area (Å²) in [5, 5.41) is 8.14. The van der Waals surface area contributed by atoms with Crippen LogP contribution < -0.4 is 4.74 Å². The molecule has 1 saturated heterocycles. The summed E-state index contributed by atoms with van der Waals surface area (Å²) < 4.78 is 9.96. The van der Waals surface area contributed by atoms with Crippen LogP contribution in [0.1, 0.15) is 19.4 Å². The molecule has 1 aliphatic heterocycles. The van der Waals surface area contributed by atoms with Gasteiger partial charge >= 0.3 is 11.9 Å². The van der Waals surface area contributed by atoms with E-state index in [1.165, 1.54) is 18.2 Å². The molecule has 0 atom stereocenters. The molecule has 1 heterocycles. The van der Waals surface area contributed by atoms with E-state index in [1.807, 2.05) is 0 Å². The molecule has 0 spiro atoms. The van der Waals surface area contributed by atoms with E-state index in [0.717, 1.165) is 4.90 Å². The van der Waals surface area contributed by atoms with Gasteiger partial charge in [-0.1, -0.05) is 23.2 Å². The predicted molar refractivity (Wildman–Crippen MR) is 103 cm³/mol. The summed E-state index contributed by atoms with van der Waals surface area (Å²) in [7, 11) is 0. The van der Waals surface area contributed by atoms with Crippen molar-refractivity contribution >= 4 is 64.1 Å². The maximum Gasteiger partial charge on any atom is 0.341 e. The largest absolute Gasteiger partial charge is 0.479 e. The Bertz CT molecular complexity index is 846. The highest BCUT2D eigenvalue weighted by Crippen LogP contribution is 2.37. The van der Waals surface area contributed by atoms with Gasteiger partial charge in [-0.15, -0.1) is 0 Å². The van der Waals surface area contributed by atoms with Gasteiger partial charge < -0.3 is 14.6 Å². The first-order chi connectivity index (χ1) is 13.1. The molecule has 28 heavy (non-hydrogen) atoms. The molecule has 0 aliphatic carbocycles. The standard InChI is InChI=1S/C17H15Cl2NO7S/c1-8(2)27-14(23)6-20-16(24)12(28-17(20)25)5-9-3-10(18)15(11(19)4-9)26-7-13(21)22/h3-5,8H,6-7H2,1-2H3,(H,21,22)/b12-5+. The highest BCUT2D eigenvalue weighted by atomic mass is 35.5. The van der Waals surface area contributed by atoms with Crippen molar-refractivity contribution in [2.45, 2.75) is 20.0 Å². The van der Waals surface area contributed by atoms with Crippen LogP contribution in [-0.4, -0.2) is 52.3 Å². The zero-order chi connectivity index (χ0) is 21.0. The Morgan fingerprint density at radius 2 is 1.86 bits per heavy atom. The lowest BCUT2D eigenvalue weighted by atomic mass is 10.2. The highest BCUT2D eigenvalue weighted by Gasteiger charge is 2.36. The summed E-state index contributed by atoms with van der Waals surface area (Å²) >= 11 is 12.8. The Balaban J connectivity index is 2.19. The van der Waals surface area contributed by atoms with Gasteiger partial charge in [0.15, 0.2) is 12.4 Å². The molecule has 8 nitrogen and oxygen atoms in total. The third-order valence-corrected chi connectivity index (χ3v) is 4.66. The molecule has 11 heteroatoms. The molecule has 0 bridgehead atoms. The number of carboxylic acid groups (broad SMARTS) is 1. The minimum atomic E-state index is -1.19. The van der Waals surface area contributed by atoms with E-state index in [1.54, 1.807) is 13.8 Å². The highest BCUT2D eigenvalue weighted by molar-refractivity contribution is 8.18. The Labute approximate surface area is 174 Å². The number of carbonyl (C=O) groups excluding carboxylic acids is 3. The number of hydrogen-bond donors (Lipinski definition) is 1. The summed E-state index contributed by atoms with van der Waals surface area (Å²) in [6, 6.07) is 2.82. The Hall–Kier alpha value is -2.23. The summed E-state index contributed by atoms with van der Waals surface area (Å²) in [6.07, 6.45) is 1.02. The average molecular weight is 448 g/mol. The van der Waals surface area contributed by atoms with Gasteiger partial charge in [-0.25, -0.2) is 4.79 Å². The predicted octanol–water partition coefficient (Wildman–Crippen LogP) is 3.44. The van der Waals surface area contributed by atoms with Crippen molar-refractivity contribution in [2.24, 2.45) is 0 Å². The number of carbonyl (C=O) groups is 4. The molecule has 1 aromatic rings. The first-order valence-electron chi connectivity index (χ1n) is 7.87. The number of nitrogens with zero attached hydrogens (tertiary/aromatic N) is 1. The number of hydrogen-bond acceptors (Lipinski definition) is 7. The van der Waals surface area contributed by atoms with Crippen LogP contribution in [0.2, 0.25) is 10.0 Å². The normalized spacial score (nSPS) is 15.5. The summed E-state index contributed by atoms with van der Waals surface area (Å²) in [5.41, 5.74) is 0.396. The van der Waals surface area contributed by atoms with E-state index >= 15 is 0 Å². The number of imide groups is 1. The fraction of sp³-hybridized carbons (Fsp3) is 0.294. The van der Waals surface area contributed by atoms with Crippen LogP contribution in [0.15, 0.2) is 17.0 Å². The zero-order valence-electron chi connectivity index (χ0n) is 14.7. The number of benzene rings is 1. The quantitative estimate of drug-likeness (QED) is 0.499. The number of aliphatic carboxylic acids is 1. The summed E-state index contributed by atoms with van der Waals surface area (Å²) in [4.78, 5) is 47.6. The second-order valence-corrected chi connectivity index (χ2v) is 7.61.